The number of likely N-dealkylation sites (tertiary alicyclic amines) is 1. The molecule has 2 aliphatic heterocycles. The van der Waals surface area contributed by atoms with E-state index in [1.807, 2.05) is 13.8 Å². The molecule has 0 aliphatic carbocycles. The van der Waals surface area contributed by atoms with Gasteiger partial charge in [0.05, 0.1) is 18.0 Å². The molecule has 0 spiro atoms. The fourth-order valence-electron chi connectivity index (χ4n) is 4.47. The van der Waals surface area contributed by atoms with Crippen LogP contribution >= 0.6 is 0 Å². The van der Waals surface area contributed by atoms with Gasteiger partial charge in [-0.3, -0.25) is 9.59 Å². The van der Waals surface area contributed by atoms with E-state index in [4.69, 9.17) is 9.73 Å². The first-order valence-electron chi connectivity index (χ1n) is 13.0. The summed E-state index contributed by atoms with van der Waals surface area (Å²) in [6.07, 6.45) is 2.29. The Hall–Kier alpha value is -3.40. The van der Waals surface area contributed by atoms with Gasteiger partial charge >= 0.3 is 0 Å². The van der Waals surface area contributed by atoms with Gasteiger partial charge in [-0.05, 0) is 85.6 Å². The van der Waals surface area contributed by atoms with Gasteiger partial charge in [-0.1, -0.05) is 0 Å². The molecule has 0 atom stereocenters. The highest BCUT2D eigenvalue weighted by atomic mass is 16.5. The Balaban J connectivity index is 1.86. The van der Waals surface area contributed by atoms with Crippen LogP contribution in [0.2, 0.25) is 0 Å². The molecule has 2 N–H and O–H groups in total. The molecule has 0 unspecified atom stereocenters. The van der Waals surface area contributed by atoms with Crippen molar-refractivity contribution in [1.82, 2.24) is 20.0 Å². The second-order valence-electron chi connectivity index (χ2n) is 9.81. The van der Waals surface area contributed by atoms with Gasteiger partial charge in [0.1, 0.15) is 5.75 Å². The summed E-state index contributed by atoms with van der Waals surface area (Å²) in [5.41, 5.74) is 1.90. The van der Waals surface area contributed by atoms with E-state index in [-0.39, 0.29) is 29.9 Å². The highest BCUT2D eigenvalue weighted by Gasteiger charge is 2.26. The van der Waals surface area contributed by atoms with E-state index in [9.17, 15) is 9.59 Å². The zero-order chi connectivity index (χ0) is 27.1. The first kappa shape index (κ1) is 28.2. The topological polar surface area (TPSA) is 102 Å². The number of hydrogen-bond acceptors (Lipinski definition) is 6. The van der Waals surface area contributed by atoms with Crippen molar-refractivity contribution in [2.75, 3.05) is 45.7 Å². The van der Waals surface area contributed by atoms with Crippen molar-refractivity contribution in [3.8, 4) is 5.75 Å². The summed E-state index contributed by atoms with van der Waals surface area (Å²) in [7, 11) is 3.85. The fourth-order valence-corrected chi connectivity index (χ4v) is 4.47. The van der Waals surface area contributed by atoms with Crippen molar-refractivity contribution in [3.63, 3.8) is 0 Å². The van der Waals surface area contributed by atoms with Crippen LogP contribution in [0.1, 0.15) is 57.3 Å². The summed E-state index contributed by atoms with van der Waals surface area (Å²) < 4.78 is 5.86. The van der Waals surface area contributed by atoms with E-state index in [1.165, 1.54) is 0 Å². The van der Waals surface area contributed by atoms with Crippen molar-refractivity contribution in [3.05, 3.63) is 35.3 Å². The summed E-state index contributed by atoms with van der Waals surface area (Å²) in [4.78, 5) is 40.2. The number of hydrogen-bond donors (Lipinski definition) is 2. The molecule has 1 aromatic rings. The number of nitrogens with zero attached hydrogens (tertiary/aromatic N) is 5. The van der Waals surface area contributed by atoms with Crippen molar-refractivity contribution < 1.29 is 14.3 Å². The van der Waals surface area contributed by atoms with Crippen LogP contribution < -0.4 is 15.4 Å². The Morgan fingerprint density at radius 1 is 1.22 bits per heavy atom. The van der Waals surface area contributed by atoms with Gasteiger partial charge in [-0.15, -0.1) is 0 Å². The van der Waals surface area contributed by atoms with E-state index >= 15 is 0 Å². The van der Waals surface area contributed by atoms with Crippen LogP contribution in [0.15, 0.2) is 39.7 Å². The Kier molecular flexibility index (Phi) is 9.68. The number of nitrogens with one attached hydrogen (secondary N) is 2. The summed E-state index contributed by atoms with van der Waals surface area (Å²) >= 11 is 0. The second-order valence-corrected chi connectivity index (χ2v) is 9.81. The average Bonchev–Trinajstić information content (AvgIpc) is 2.98. The standard InChI is InChI=1S/C27H41N7O3/c1-8-37-23-17-20(26(36)29-21-11-14-32(6)15-12-21)9-10-22(23)30-27(28-5)31-25-19(4)33(7)24(35)13-16-34(25)18(2)3/h9-10,17-18,21H,5,8,11-16H2,1-4,6-7H3,(H,29,36)(H,30,31). The number of piperidine rings is 1. The molecular formula is C27H41N7O3. The Morgan fingerprint density at radius 3 is 2.54 bits per heavy atom. The lowest BCUT2D eigenvalue weighted by Gasteiger charge is -2.29. The molecule has 0 saturated carbocycles. The molecule has 0 bridgehead atoms. The van der Waals surface area contributed by atoms with Crippen LogP contribution in [0.25, 0.3) is 0 Å². The van der Waals surface area contributed by atoms with Gasteiger partial charge in [0.25, 0.3) is 5.91 Å². The van der Waals surface area contributed by atoms with Gasteiger partial charge in [-0.2, -0.15) is 4.99 Å². The second kappa shape index (κ2) is 12.7. The van der Waals surface area contributed by atoms with Crippen LogP contribution in [0.5, 0.6) is 5.75 Å². The molecule has 2 amide bonds. The third kappa shape index (κ3) is 7.09. The van der Waals surface area contributed by atoms with E-state index in [0.717, 1.165) is 31.6 Å². The summed E-state index contributed by atoms with van der Waals surface area (Å²) in [6, 6.07) is 5.60. The zero-order valence-electron chi connectivity index (χ0n) is 23.0. The van der Waals surface area contributed by atoms with Gasteiger partial charge in [0.15, 0.2) is 5.82 Å². The molecular weight excluding hydrogens is 470 g/mol. The molecule has 2 aliphatic rings. The van der Waals surface area contributed by atoms with E-state index in [1.54, 1.807) is 30.1 Å². The SMILES string of the molecule is C=N/C(=N\C1=C(C)N(C)C(=O)CCN1C(C)C)Nc1ccc(C(=O)NC2CCN(C)CC2)cc1OCC. The molecule has 2 heterocycles. The summed E-state index contributed by atoms with van der Waals surface area (Å²) in [6.45, 7) is 14.5. The fraction of sp³-hybridized carbons (Fsp3) is 0.556. The molecule has 3 rings (SSSR count). The molecule has 202 valence electrons. The quantitative estimate of drug-likeness (QED) is 0.431. The number of benzene rings is 1. The highest BCUT2D eigenvalue weighted by molar-refractivity contribution is 6.00. The number of carbonyl (C=O) groups excluding carboxylic acids is 2. The lowest BCUT2D eigenvalue weighted by Crippen LogP contribution is -2.43. The molecule has 1 fully saturated rings. The Bertz CT molecular complexity index is 1060. The molecule has 10 nitrogen and oxygen atoms in total. The van der Waals surface area contributed by atoms with Crippen molar-refractivity contribution in [1.29, 1.82) is 0 Å². The van der Waals surface area contributed by atoms with Crippen molar-refractivity contribution in [2.24, 2.45) is 9.98 Å². The minimum atomic E-state index is -0.114. The monoisotopic (exact) mass is 511 g/mol. The number of allylic oxidation sites excluding steroid dienone is 1. The lowest BCUT2D eigenvalue weighted by atomic mass is 10.0. The smallest absolute Gasteiger partial charge is 0.251 e. The van der Waals surface area contributed by atoms with Crippen LogP contribution in [0.3, 0.4) is 0 Å². The first-order chi connectivity index (χ1) is 17.6. The number of carbonyl (C=O) groups is 2. The maximum Gasteiger partial charge on any atom is 0.251 e. The van der Waals surface area contributed by atoms with Crippen LogP contribution in [0.4, 0.5) is 5.69 Å². The maximum atomic E-state index is 12.9. The van der Waals surface area contributed by atoms with E-state index in [0.29, 0.717) is 42.4 Å². The Morgan fingerprint density at radius 2 is 1.92 bits per heavy atom. The average molecular weight is 512 g/mol. The minimum absolute atomic E-state index is 0.0437. The number of amides is 2. The maximum absolute atomic E-state index is 12.9. The predicted molar refractivity (Wildman–Crippen MR) is 148 cm³/mol. The van der Waals surface area contributed by atoms with Crippen molar-refractivity contribution >= 4 is 30.2 Å². The highest BCUT2D eigenvalue weighted by Crippen LogP contribution is 2.28. The molecule has 0 aromatic heterocycles. The first-order valence-corrected chi connectivity index (χ1v) is 13.0. The van der Waals surface area contributed by atoms with Crippen LogP contribution in [-0.4, -0.2) is 91.6 Å². The predicted octanol–water partition coefficient (Wildman–Crippen LogP) is 3.14. The number of rotatable bonds is 7. The van der Waals surface area contributed by atoms with Gasteiger partial charge < -0.3 is 30.1 Å². The van der Waals surface area contributed by atoms with Gasteiger partial charge in [0.2, 0.25) is 11.9 Å². The third-order valence-electron chi connectivity index (χ3n) is 6.87. The van der Waals surface area contributed by atoms with Crippen molar-refractivity contribution in [2.45, 2.75) is 59.0 Å². The van der Waals surface area contributed by atoms with Crippen LogP contribution in [0, 0.1) is 0 Å². The molecule has 37 heavy (non-hydrogen) atoms. The van der Waals surface area contributed by atoms with E-state index < -0.39 is 0 Å². The third-order valence-corrected chi connectivity index (χ3v) is 6.87. The van der Waals surface area contributed by atoms with Gasteiger partial charge in [-0.25, -0.2) is 4.99 Å². The minimum Gasteiger partial charge on any atom is -0.492 e. The molecule has 1 saturated heterocycles. The molecule has 0 radical (unpaired) electrons. The summed E-state index contributed by atoms with van der Waals surface area (Å²) in [5.74, 6) is 1.38. The van der Waals surface area contributed by atoms with Gasteiger partial charge in [0, 0.05) is 37.7 Å². The van der Waals surface area contributed by atoms with E-state index in [2.05, 4.69) is 53.0 Å². The number of aliphatic imine (C=N–C) groups is 2. The zero-order valence-corrected chi connectivity index (χ0v) is 23.0. The number of ether oxygens (including phenoxy) is 1. The normalized spacial score (nSPS) is 18.2. The molecule has 10 heteroatoms. The lowest BCUT2D eigenvalue weighted by molar-refractivity contribution is -0.127. The Labute approximate surface area is 220 Å². The number of guanidine groups is 1. The van der Waals surface area contributed by atoms with Crippen LogP contribution in [-0.2, 0) is 4.79 Å². The molecule has 1 aromatic carbocycles. The summed E-state index contributed by atoms with van der Waals surface area (Å²) in [5, 5.41) is 6.35. The number of anilines is 1. The largest absolute Gasteiger partial charge is 0.492 e.